The van der Waals surface area contributed by atoms with Crippen LogP contribution in [0.15, 0.2) is 0 Å². The van der Waals surface area contributed by atoms with Crippen LogP contribution < -0.4 is 0 Å². The molecule has 0 rings (SSSR count). The lowest BCUT2D eigenvalue weighted by molar-refractivity contribution is 0.0235. The monoisotopic (exact) mass is 180 g/mol. The third-order valence-corrected chi connectivity index (χ3v) is 1.50. The van der Waals surface area contributed by atoms with Gasteiger partial charge in [-0.05, 0) is 12.8 Å². The average molecular weight is 181 g/mol. The summed E-state index contributed by atoms with van der Waals surface area (Å²) in [5.74, 6) is 0.290. The van der Waals surface area contributed by atoms with Gasteiger partial charge >= 0.3 is 6.16 Å². The van der Waals surface area contributed by atoms with Crippen LogP contribution in [0.2, 0.25) is 0 Å². The van der Waals surface area contributed by atoms with Crippen molar-refractivity contribution in [2.75, 3.05) is 6.07 Å². The lowest BCUT2D eigenvalue weighted by Crippen LogP contribution is -2.20. The molecule has 11 heavy (non-hydrogen) atoms. The molecule has 0 bridgehead atoms. The van der Waals surface area contributed by atoms with Gasteiger partial charge in [0.25, 0.3) is 0 Å². The molecule has 0 spiro atoms. The van der Waals surface area contributed by atoms with Crippen molar-refractivity contribution in [3.8, 4) is 0 Å². The summed E-state index contributed by atoms with van der Waals surface area (Å²) in [5, 5.41) is 0. The van der Waals surface area contributed by atoms with Gasteiger partial charge in [-0.25, -0.2) is 4.79 Å². The third-order valence-electron chi connectivity index (χ3n) is 1.39. The fourth-order valence-corrected chi connectivity index (χ4v) is 0.456. The Morgan fingerprint density at radius 3 is 2.36 bits per heavy atom. The zero-order valence-electron chi connectivity index (χ0n) is 6.96. The molecule has 0 aromatic heterocycles. The van der Waals surface area contributed by atoms with Crippen molar-refractivity contribution in [1.82, 2.24) is 0 Å². The molecule has 0 fully saturated rings. The molecular weight excluding hydrogens is 168 g/mol. The van der Waals surface area contributed by atoms with E-state index in [1.54, 1.807) is 6.92 Å². The largest absolute Gasteiger partial charge is 0.509 e. The minimum Gasteiger partial charge on any atom is -0.431 e. The molecule has 0 aliphatic heterocycles. The number of carbonyl (C=O) groups excluding carboxylic acids is 1. The van der Waals surface area contributed by atoms with Gasteiger partial charge < -0.3 is 9.47 Å². The number of alkyl halides is 1. The van der Waals surface area contributed by atoms with Crippen LogP contribution in [-0.2, 0) is 9.47 Å². The molecule has 4 heteroatoms. The first-order valence-corrected chi connectivity index (χ1v) is 4.00. The molecule has 0 aromatic carbocycles. The minimum atomic E-state index is -0.707. The summed E-state index contributed by atoms with van der Waals surface area (Å²) in [4.78, 5) is 10.6. The van der Waals surface area contributed by atoms with E-state index in [0.29, 0.717) is 0 Å². The Morgan fingerprint density at radius 2 is 2.00 bits per heavy atom. The normalized spacial score (nSPS) is 12.8. The lowest BCUT2D eigenvalue weighted by atomic mass is 10.1. The second-order valence-electron chi connectivity index (χ2n) is 2.57. The Bertz CT molecular complexity index is 125. The van der Waals surface area contributed by atoms with E-state index >= 15 is 0 Å². The highest BCUT2D eigenvalue weighted by atomic mass is 35.5. The van der Waals surface area contributed by atoms with E-state index < -0.39 is 6.16 Å². The highest BCUT2D eigenvalue weighted by Crippen LogP contribution is 2.06. The van der Waals surface area contributed by atoms with E-state index in [1.807, 2.05) is 13.8 Å². The Kier molecular flexibility index (Phi) is 5.03. The molecule has 1 atom stereocenters. The molecule has 0 amide bonds. The van der Waals surface area contributed by atoms with Gasteiger partial charge in [0.15, 0.2) is 6.07 Å². The SMILES string of the molecule is CC(C)C(C)OC(=O)OCCl. The van der Waals surface area contributed by atoms with Gasteiger partial charge in [-0.15, -0.1) is 0 Å². The van der Waals surface area contributed by atoms with Crippen molar-refractivity contribution in [2.24, 2.45) is 5.92 Å². The number of ether oxygens (including phenoxy) is 2. The Balaban J connectivity index is 3.57. The molecule has 0 aliphatic carbocycles. The quantitative estimate of drug-likeness (QED) is 0.494. The first-order valence-electron chi connectivity index (χ1n) is 3.47. The van der Waals surface area contributed by atoms with Crippen LogP contribution in [-0.4, -0.2) is 18.3 Å². The predicted molar refractivity (Wildman–Crippen MR) is 42.6 cm³/mol. The van der Waals surface area contributed by atoms with Crippen molar-refractivity contribution in [2.45, 2.75) is 26.9 Å². The molecule has 0 aromatic rings. The van der Waals surface area contributed by atoms with Crippen LogP contribution in [0.4, 0.5) is 4.79 Å². The number of rotatable bonds is 3. The van der Waals surface area contributed by atoms with Gasteiger partial charge in [0, 0.05) is 0 Å². The maximum absolute atomic E-state index is 10.6. The molecule has 0 saturated heterocycles. The molecule has 1 unspecified atom stereocenters. The predicted octanol–water partition coefficient (Wildman–Crippen LogP) is 2.38. The lowest BCUT2D eigenvalue weighted by Gasteiger charge is -2.15. The summed E-state index contributed by atoms with van der Waals surface area (Å²) >= 11 is 5.14. The van der Waals surface area contributed by atoms with Crippen LogP contribution in [0, 0.1) is 5.92 Å². The van der Waals surface area contributed by atoms with E-state index in [-0.39, 0.29) is 18.1 Å². The minimum absolute atomic E-state index is 0.134. The van der Waals surface area contributed by atoms with Crippen molar-refractivity contribution in [3.63, 3.8) is 0 Å². The topological polar surface area (TPSA) is 35.5 Å². The fourth-order valence-electron chi connectivity index (χ4n) is 0.366. The maximum Gasteiger partial charge on any atom is 0.509 e. The van der Waals surface area contributed by atoms with Crippen LogP contribution in [0.1, 0.15) is 20.8 Å². The first kappa shape index (κ1) is 10.6. The fraction of sp³-hybridized carbons (Fsp3) is 0.857. The van der Waals surface area contributed by atoms with Crippen molar-refractivity contribution < 1.29 is 14.3 Å². The number of hydrogen-bond donors (Lipinski definition) is 0. The van der Waals surface area contributed by atoms with Gasteiger partial charge in [0.05, 0.1) is 0 Å². The average Bonchev–Trinajstić information content (AvgIpc) is 1.87. The molecule has 3 nitrogen and oxygen atoms in total. The van der Waals surface area contributed by atoms with Crippen LogP contribution in [0.5, 0.6) is 0 Å². The zero-order valence-corrected chi connectivity index (χ0v) is 7.72. The zero-order chi connectivity index (χ0) is 8.85. The van der Waals surface area contributed by atoms with Crippen LogP contribution >= 0.6 is 11.6 Å². The third kappa shape index (κ3) is 4.90. The van der Waals surface area contributed by atoms with Gasteiger partial charge in [0.1, 0.15) is 6.10 Å². The smallest absolute Gasteiger partial charge is 0.431 e. The Hall–Kier alpha value is -0.440. The van der Waals surface area contributed by atoms with Crippen molar-refractivity contribution in [1.29, 1.82) is 0 Å². The van der Waals surface area contributed by atoms with Crippen molar-refractivity contribution >= 4 is 17.8 Å². The molecular formula is C7H13ClO3. The van der Waals surface area contributed by atoms with Crippen LogP contribution in [0.25, 0.3) is 0 Å². The second kappa shape index (κ2) is 5.24. The van der Waals surface area contributed by atoms with E-state index in [0.717, 1.165) is 0 Å². The molecule has 0 radical (unpaired) electrons. The highest BCUT2D eigenvalue weighted by Gasteiger charge is 2.12. The van der Waals surface area contributed by atoms with Crippen LogP contribution in [0.3, 0.4) is 0 Å². The van der Waals surface area contributed by atoms with E-state index in [9.17, 15) is 4.79 Å². The molecule has 66 valence electrons. The summed E-state index contributed by atoms with van der Waals surface area (Å²) in [7, 11) is 0. The van der Waals surface area contributed by atoms with Gasteiger partial charge in [-0.3, -0.25) is 0 Å². The summed E-state index contributed by atoms with van der Waals surface area (Å²) < 4.78 is 9.17. The maximum atomic E-state index is 10.6. The Morgan fingerprint density at radius 1 is 1.45 bits per heavy atom. The number of carbonyl (C=O) groups is 1. The summed E-state index contributed by atoms with van der Waals surface area (Å²) in [6.45, 7) is 5.72. The number of halogens is 1. The van der Waals surface area contributed by atoms with Crippen molar-refractivity contribution in [3.05, 3.63) is 0 Å². The van der Waals surface area contributed by atoms with Gasteiger partial charge in [-0.1, -0.05) is 25.4 Å². The Labute approximate surface area is 71.6 Å². The highest BCUT2D eigenvalue weighted by molar-refractivity contribution is 6.17. The molecule has 0 heterocycles. The molecule has 0 N–H and O–H groups in total. The summed E-state index contributed by atoms with van der Waals surface area (Å²) in [5.41, 5.74) is 0. The molecule has 0 aliphatic rings. The van der Waals surface area contributed by atoms with E-state index in [1.165, 1.54) is 0 Å². The number of hydrogen-bond acceptors (Lipinski definition) is 3. The first-order chi connectivity index (χ1) is 5.07. The summed E-state index contributed by atoms with van der Waals surface area (Å²) in [6, 6.07) is -0.163. The second-order valence-corrected chi connectivity index (χ2v) is 2.79. The molecule has 0 saturated carbocycles. The van der Waals surface area contributed by atoms with E-state index in [4.69, 9.17) is 16.3 Å². The van der Waals surface area contributed by atoms with Gasteiger partial charge in [-0.2, -0.15) is 0 Å². The van der Waals surface area contributed by atoms with E-state index in [2.05, 4.69) is 4.74 Å². The standard InChI is InChI=1S/C7H13ClO3/c1-5(2)6(3)11-7(9)10-4-8/h5-6H,4H2,1-3H3. The van der Waals surface area contributed by atoms with Gasteiger partial charge in [0.2, 0.25) is 0 Å². The summed E-state index contributed by atoms with van der Waals surface area (Å²) in [6.07, 6.45) is -0.841.